The molecule has 0 atom stereocenters. The van der Waals surface area contributed by atoms with E-state index in [0.717, 1.165) is 6.08 Å². The Morgan fingerprint density at radius 1 is 1.18 bits per heavy atom. The van der Waals surface area contributed by atoms with Crippen LogP contribution in [0.4, 0.5) is 0 Å². The van der Waals surface area contributed by atoms with Crippen LogP contribution in [0.25, 0.3) is 0 Å². The van der Waals surface area contributed by atoms with Gasteiger partial charge in [-0.1, -0.05) is 24.8 Å². The number of hydrogen-bond donors (Lipinski definition) is 5. The largest absolute Gasteiger partial charge is 0.508 e. The van der Waals surface area contributed by atoms with Crippen molar-refractivity contribution in [3.8, 4) is 5.75 Å². The predicted molar refractivity (Wildman–Crippen MR) is 60.2 cm³/mol. The van der Waals surface area contributed by atoms with Gasteiger partial charge in [-0.05, 0) is 12.1 Å². The highest BCUT2D eigenvalue weighted by Crippen LogP contribution is 2.25. The lowest BCUT2D eigenvalue weighted by atomic mass is 10.3. The van der Waals surface area contributed by atoms with Gasteiger partial charge in [-0.3, -0.25) is 0 Å². The molecule has 1 aromatic rings. The van der Waals surface area contributed by atoms with Gasteiger partial charge in [0, 0.05) is 6.08 Å². The minimum absolute atomic E-state index is 0.322. The Bertz CT molecular complexity index is 362. The van der Waals surface area contributed by atoms with E-state index < -0.39 is 13.8 Å². The molecule has 7 nitrogen and oxygen atoms in total. The van der Waals surface area contributed by atoms with E-state index in [1.54, 1.807) is 24.3 Å². The fourth-order valence-electron chi connectivity index (χ4n) is 0.428. The van der Waals surface area contributed by atoms with Gasteiger partial charge >= 0.3 is 13.8 Å². The molecule has 1 rings (SSSR count). The Kier molecular flexibility index (Phi) is 9.97. The maximum atomic E-state index is 9.25. The summed E-state index contributed by atoms with van der Waals surface area (Å²) in [5, 5.41) is 16.2. The van der Waals surface area contributed by atoms with Crippen molar-refractivity contribution < 1.29 is 34.3 Å². The molecule has 0 radical (unpaired) electrons. The van der Waals surface area contributed by atoms with E-state index in [4.69, 9.17) is 29.5 Å². The van der Waals surface area contributed by atoms with Gasteiger partial charge in [0.25, 0.3) is 0 Å². The number of phenols is 1. The van der Waals surface area contributed by atoms with E-state index in [-0.39, 0.29) is 0 Å². The van der Waals surface area contributed by atoms with Crippen LogP contribution >= 0.6 is 7.82 Å². The van der Waals surface area contributed by atoms with Gasteiger partial charge in [0.2, 0.25) is 0 Å². The number of benzene rings is 1. The zero-order chi connectivity index (χ0) is 13.9. The Labute approximate surface area is 97.5 Å². The van der Waals surface area contributed by atoms with Gasteiger partial charge in [-0.25, -0.2) is 9.36 Å². The summed E-state index contributed by atoms with van der Waals surface area (Å²) in [5.41, 5.74) is 0. The highest BCUT2D eigenvalue weighted by molar-refractivity contribution is 7.45. The van der Waals surface area contributed by atoms with Crippen molar-refractivity contribution in [3.63, 3.8) is 0 Å². The first-order chi connectivity index (χ1) is 7.66. The number of rotatable bonds is 1. The molecule has 0 saturated carbocycles. The molecule has 0 unspecified atom stereocenters. The van der Waals surface area contributed by atoms with Crippen molar-refractivity contribution in [3.05, 3.63) is 43.0 Å². The van der Waals surface area contributed by atoms with Crippen LogP contribution in [0.5, 0.6) is 5.75 Å². The van der Waals surface area contributed by atoms with Crippen LogP contribution in [0.3, 0.4) is 0 Å². The highest BCUT2D eigenvalue weighted by Gasteiger charge is 2.00. The van der Waals surface area contributed by atoms with Crippen LogP contribution < -0.4 is 0 Å². The number of carboxylic acids is 1. The summed E-state index contributed by atoms with van der Waals surface area (Å²) in [6, 6.07) is 8.71. The molecule has 17 heavy (non-hydrogen) atoms. The topological polar surface area (TPSA) is 135 Å². The third-order valence-electron chi connectivity index (χ3n) is 0.931. The summed E-state index contributed by atoms with van der Waals surface area (Å²) >= 11 is 0. The summed E-state index contributed by atoms with van der Waals surface area (Å²) in [6.07, 6.45) is 0.833. The van der Waals surface area contributed by atoms with Crippen LogP contribution in [0, 0.1) is 0 Å². The quantitative estimate of drug-likeness (QED) is 0.372. The molecule has 1 aromatic carbocycles. The van der Waals surface area contributed by atoms with Crippen LogP contribution in [-0.4, -0.2) is 30.9 Å². The first-order valence-electron chi connectivity index (χ1n) is 4.04. The lowest BCUT2D eigenvalue weighted by Crippen LogP contribution is -1.82. The molecule has 0 bridgehead atoms. The van der Waals surface area contributed by atoms with E-state index in [1.165, 1.54) is 0 Å². The van der Waals surface area contributed by atoms with Crippen molar-refractivity contribution in [1.29, 1.82) is 0 Å². The zero-order valence-corrected chi connectivity index (χ0v) is 9.57. The van der Waals surface area contributed by atoms with E-state index in [2.05, 4.69) is 6.58 Å². The second-order valence-electron chi connectivity index (χ2n) is 2.39. The fourth-order valence-corrected chi connectivity index (χ4v) is 0.428. The van der Waals surface area contributed by atoms with Crippen LogP contribution in [0.2, 0.25) is 0 Å². The molecule has 0 heterocycles. The predicted octanol–water partition coefficient (Wildman–Crippen LogP) is 0.721. The number of hydrogen-bond acceptors (Lipinski definition) is 3. The monoisotopic (exact) mass is 264 g/mol. The van der Waals surface area contributed by atoms with Crippen molar-refractivity contribution >= 4 is 13.8 Å². The molecule has 0 aliphatic carbocycles. The van der Waals surface area contributed by atoms with Gasteiger partial charge in [-0.15, -0.1) is 0 Å². The SMILES string of the molecule is C=CC(=O)O.O=P(O)(O)O.Oc1ccccc1. The summed E-state index contributed by atoms with van der Waals surface area (Å²) in [4.78, 5) is 30.8. The molecular weight excluding hydrogens is 251 g/mol. The van der Waals surface area contributed by atoms with Crippen LogP contribution in [0.1, 0.15) is 0 Å². The highest BCUT2D eigenvalue weighted by atomic mass is 31.2. The molecule has 0 fully saturated rings. The normalized spacial score (nSPS) is 8.88. The Hall–Kier alpha value is -1.66. The van der Waals surface area contributed by atoms with Gasteiger partial charge in [0.1, 0.15) is 5.75 Å². The third kappa shape index (κ3) is 31.4. The van der Waals surface area contributed by atoms with Gasteiger partial charge in [0.15, 0.2) is 0 Å². The molecule has 96 valence electrons. The fraction of sp³-hybridized carbons (Fsp3) is 0. The van der Waals surface area contributed by atoms with E-state index in [1.807, 2.05) is 6.07 Å². The first-order valence-corrected chi connectivity index (χ1v) is 5.61. The van der Waals surface area contributed by atoms with Gasteiger partial charge in [0.05, 0.1) is 0 Å². The molecule has 8 heteroatoms. The lowest BCUT2D eigenvalue weighted by molar-refractivity contribution is -0.131. The number of aromatic hydroxyl groups is 1. The number of carbonyl (C=O) groups is 1. The van der Waals surface area contributed by atoms with E-state index in [0.29, 0.717) is 5.75 Å². The molecule has 0 saturated heterocycles. The maximum Gasteiger partial charge on any atom is 0.466 e. The smallest absolute Gasteiger partial charge is 0.466 e. The van der Waals surface area contributed by atoms with Crippen molar-refractivity contribution in [2.24, 2.45) is 0 Å². The summed E-state index contributed by atoms with van der Waals surface area (Å²) < 4.78 is 8.88. The Morgan fingerprint density at radius 3 is 1.59 bits per heavy atom. The third-order valence-corrected chi connectivity index (χ3v) is 0.931. The standard InChI is InChI=1S/C6H6O.C3H4O2.H3O4P/c7-6-4-2-1-3-5-6;1-2-3(4)5;1-5(2,3)4/h1-5,7H;2H,1H2,(H,4,5);(H3,1,2,3,4). The number of para-hydroxylation sites is 1. The maximum absolute atomic E-state index is 9.25. The van der Waals surface area contributed by atoms with Crippen molar-refractivity contribution in [2.45, 2.75) is 0 Å². The van der Waals surface area contributed by atoms with Crippen LogP contribution in [-0.2, 0) is 9.36 Å². The lowest BCUT2D eigenvalue weighted by Gasteiger charge is -1.82. The second-order valence-corrected chi connectivity index (χ2v) is 3.42. The molecule has 0 aliphatic heterocycles. The Morgan fingerprint density at radius 2 is 1.47 bits per heavy atom. The van der Waals surface area contributed by atoms with Crippen LogP contribution in [0.15, 0.2) is 43.0 Å². The Balaban J connectivity index is 0. The molecule has 0 aliphatic rings. The number of phosphoric acid groups is 1. The summed E-state index contributed by atoms with van der Waals surface area (Å²) in [6.45, 7) is 2.96. The number of carboxylic acid groups (broad SMARTS) is 1. The van der Waals surface area contributed by atoms with Crippen molar-refractivity contribution in [1.82, 2.24) is 0 Å². The molecule has 5 N–H and O–H groups in total. The van der Waals surface area contributed by atoms with Gasteiger partial charge < -0.3 is 24.9 Å². The number of aliphatic carboxylic acids is 1. The molecule has 0 spiro atoms. The summed E-state index contributed by atoms with van der Waals surface area (Å²) in [7, 11) is -4.64. The first kappa shape index (κ1) is 17.7. The van der Waals surface area contributed by atoms with Gasteiger partial charge in [-0.2, -0.15) is 0 Å². The molecule has 0 amide bonds. The summed E-state index contributed by atoms with van der Waals surface area (Å²) in [5.74, 6) is -0.660. The minimum atomic E-state index is -4.64. The minimum Gasteiger partial charge on any atom is -0.508 e. The average Bonchev–Trinajstić information content (AvgIpc) is 2.17. The molecule has 0 aromatic heterocycles. The van der Waals surface area contributed by atoms with Crippen molar-refractivity contribution in [2.75, 3.05) is 0 Å². The number of phenolic OH excluding ortho intramolecular Hbond substituents is 1. The zero-order valence-electron chi connectivity index (χ0n) is 8.67. The molecular formula is C9H13O7P. The second kappa shape index (κ2) is 9.56. The van der Waals surface area contributed by atoms with E-state index in [9.17, 15) is 4.79 Å². The van der Waals surface area contributed by atoms with E-state index >= 15 is 0 Å². The average molecular weight is 264 g/mol.